The van der Waals surface area contributed by atoms with E-state index in [0.717, 1.165) is 19.6 Å². The lowest BCUT2D eigenvalue weighted by atomic mass is 10.2. The third-order valence-electron chi connectivity index (χ3n) is 3.57. The Kier molecular flexibility index (Phi) is 3.33. The Morgan fingerprint density at radius 1 is 1.37 bits per heavy atom. The molecule has 2 aromatic heterocycles. The minimum Gasteiger partial charge on any atom is -0.424 e. The van der Waals surface area contributed by atoms with Crippen LogP contribution in [0.5, 0.6) is 0 Å². The van der Waals surface area contributed by atoms with Gasteiger partial charge in [-0.1, -0.05) is 0 Å². The molecule has 19 heavy (non-hydrogen) atoms. The van der Waals surface area contributed by atoms with Crippen LogP contribution in [-0.2, 0) is 13.1 Å². The zero-order valence-electron chi connectivity index (χ0n) is 11.4. The standard InChI is InChI=1S/C13H19N5O/c1-10-6-14-18(7-10)8-12-4-3-5-17(12)9-13-16-15-11(2)19-13/h6-7,12H,3-5,8-9H2,1-2H3/t12-/m0/s1. The first-order valence-corrected chi connectivity index (χ1v) is 6.73. The van der Waals surface area contributed by atoms with E-state index in [1.54, 1.807) is 0 Å². The average Bonchev–Trinajstić information content (AvgIpc) is 3.06. The number of hydrogen-bond acceptors (Lipinski definition) is 5. The molecular weight excluding hydrogens is 242 g/mol. The molecule has 6 heteroatoms. The van der Waals surface area contributed by atoms with Crippen LogP contribution in [0.1, 0.15) is 30.2 Å². The quantitative estimate of drug-likeness (QED) is 0.835. The van der Waals surface area contributed by atoms with Crippen molar-refractivity contribution in [3.8, 4) is 0 Å². The van der Waals surface area contributed by atoms with Crippen LogP contribution in [0.3, 0.4) is 0 Å². The average molecular weight is 261 g/mol. The van der Waals surface area contributed by atoms with Crippen molar-refractivity contribution in [2.45, 2.75) is 45.8 Å². The number of hydrogen-bond donors (Lipinski definition) is 0. The SMILES string of the molecule is Cc1cnn(C[C@@H]2CCCN2Cc2nnc(C)o2)c1. The fourth-order valence-corrected chi connectivity index (χ4v) is 2.67. The Morgan fingerprint density at radius 3 is 2.95 bits per heavy atom. The van der Waals surface area contributed by atoms with Crippen LogP contribution in [0, 0.1) is 13.8 Å². The Labute approximate surface area is 112 Å². The van der Waals surface area contributed by atoms with Crippen LogP contribution in [0.25, 0.3) is 0 Å². The van der Waals surface area contributed by atoms with E-state index in [0.29, 0.717) is 17.8 Å². The van der Waals surface area contributed by atoms with Gasteiger partial charge in [0.25, 0.3) is 0 Å². The largest absolute Gasteiger partial charge is 0.424 e. The molecule has 0 amide bonds. The molecule has 1 saturated heterocycles. The van der Waals surface area contributed by atoms with Crippen molar-refractivity contribution < 1.29 is 4.42 Å². The maximum Gasteiger partial charge on any atom is 0.230 e. The highest BCUT2D eigenvalue weighted by molar-refractivity contribution is 5.00. The van der Waals surface area contributed by atoms with E-state index in [4.69, 9.17) is 4.42 Å². The topological polar surface area (TPSA) is 60.0 Å². The third kappa shape index (κ3) is 2.84. The maximum absolute atomic E-state index is 5.46. The predicted octanol–water partition coefficient (Wildman–Crippen LogP) is 1.55. The van der Waals surface area contributed by atoms with Gasteiger partial charge in [-0.25, -0.2) is 0 Å². The first-order chi connectivity index (χ1) is 9.20. The van der Waals surface area contributed by atoms with Crippen molar-refractivity contribution in [3.63, 3.8) is 0 Å². The second-order valence-corrected chi connectivity index (χ2v) is 5.22. The molecule has 0 aromatic carbocycles. The van der Waals surface area contributed by atoms with Crippen molar-refractivity contribution in [1.29, 1.82) is 0 Å². The second kappa shape index (κ2) is 5.13. The van der Waals surface area contributed by atoms with Gasteiger partial charge in [0.15, 0.2) is 0 Å². The van der Waals surface area contributed by atoms with Gasteiger partial charge in [-0.05, 0) is 31.9 Å². The van der Waals surface area contributed by atoms with E-state index >= 15 is 0 Å². The van der Waals surface area contributed by atoms with E-state index < -0.39 is 0 Å². The first-order valence-electron chi connectivity index (χ1n) is 6.73. The van der Waals surface area contributed by atoms with Crippen molar-refractivity contribution in [2.24, 2.45) is 0 Å². The molecule has 0 aliphatic carbocycles. The van der Waals surface area contributed by atoms with Crippen molar-refractivity contribution in [2.75, 3.05) is 6.54 Å². The van der Waals surface area contributed by atoms with Crippen LogP contribution < -0.4 is 0 Å². The minimum atomic E-state index is 0.506. The van der Waals surface area contributed by atoms with Crippen LogP contribution in [-0.4, -0.2) is 37.5 Å². The highest BCUT2D eigenvalue weighted by Gasteiger charge is 2.26. The molecule has 1 aliphatic rings. The van der Waals surface area contributed by atoms with Crippen molar-refractivity contribution >= 4 is 0 Å². The minimum absolute atomic E-state index is 0.506. The summed E-state index contributed by atoms with van der Waals surface area (Å²) in [4.78, 5) is 2.41. The highest BCUT2D eigenvalue weighted by atomic mass is 16.4. The zero-order valence-corrected chi connectivity index (χ0v) is 11.4. The van der Waals surface area contributed by atoms with E-state index in [9.17, 15) is 0 Å². The predicted molar refractivity (Wildman–Crippen MR) is 69.4 cm³/mol. The maximum atomic E-state index is 5.46. The van der Waals surface area contributed by atoms with Gasteiger partial charge in [-0.15, -0.1) is 10.2 Å². The number of aromatic nitrogens is 4. The third-order valence-corrected chi connectivity index (χ3v) is 3.57. The summed E-state index contributed by atoms with van der Waals surface area (Å²) >= 11 is 0. The molecule has 0 bridgehead atoms. The van der Waals surface area contributed by atoms with Gasteiger partial charge in [-0.3, -0.25) is 9.58 Å². The monoisotopic (exact) mass is 261 g/mol. The summed E-state index contributed by atoms with van der Waals surface area (Å²) in [6, 6.07) is 0.506. The number of rotatable bonds is 4. The number of aryl methyl sites for hydroxylation is 2. The highest BCUT2D eigenvalue weighted by Crippen LogP contribution is 2.21. The molecular formula is C13H19N5O. The lowest BCUT2D eigenvalue weighted by molar-refractivity contribution is 0.199. The van der Waals surface area contributed by atoms with Crippen molar-refractivity contribution in [3.05, 3.63) is 29.7 Å². The molecule has 3 rings (SSSR count). The van der Waals surface area contributed by atoms with Crippen LogP contribution in [0.2, 0.25) is 0 Å². The van der Waals surface area contributed by atoms with Crippen molar-refractivity contribution in [1.82, 2.24) is 24.9 Å². The zero-order chi connectivity index (χ0) is 13.2. The fourth-order valence-electron chi connectivity index (χ4n) is 2.67. The van der Waals surface area contributed by atoms with Crippen LogP contribution >= 0.6 is 0 Å². The number of nitrogens with zero attached hydrogens (tertiary/aromatic N) is 5. The smallest absolute Gasteiger partial charge is 0.230 e. The molecule has 3 heterocycles. The second-order valence-electron chi connectivity index (χ2n) is 5.22. The van der Waals surface area contributed by atoms with Gasteiger partial charge in [-0.2, -0.15) is 5.10 Å². The van der Waals surface area contributed by atoms with Gasteiger partial charge in [0.05, 0.1) is 19.3 Å². The van der Waals surface area contributed by atoms with E-state index in [-0.39, 0.29) is 0 Å². The summed E-state index contributed by atoms with van der Waals surface area (Å²) in [5, 5.41) is 12.3. The van der Waals surface area contributed by atoms with Crippen LogP contribution in [0.4, 0.5) is 0 Å². The molecule has 1 aliphatic heterocycles. The van der Waals surface area contributed by atoms with Gasteiger partial charge in [0.1, 0.15) is 0 Å². The van der Waals surface area contributed by atoms with Gasteiger partial charge >= 0.3 is 0 Å². The summed E-state index contributed by atoms with van der Waals surface area (Å²) in [6.45, 7) is 6.65. The molecule has 0 unspecified atom stereocenters. The Hall–Kier alpha value is -1.69. The molecule has 0 spiro atoms. The molecule has 102 valence electrons. The van der Waals surface area contributed by atoms with E-state index in [1.165, 1.54) is 18.4 Å². The van der Waals surface area contributed by atoms with Crippen LogP contribution in [0.15, 0.2) is 16.8 Å². The van der Waals surface area contributed by atoms with Gasteiger partial charge in [0.2, 0.25) is 11.8 Å². The molecule has 0 saturated carbocycles. The summed E-state index contributed by atoms with van der Waals surface area (Å²) in [7, 11) is 0. The Morgan fingerprint density at radius 2 is 2.26 bits per heavy atom. The van der Waals surface area contributed by atoms with Gasteiger partial charge < -0.3 is 4.42 Å². The molecule has 6 nitrogen and oxygen atoms in total. The molecule has 0 radical (unpaired) electrons. The number of likely N-dealkylation sites (tertiary alicyclic amines) is 1. The molecule has 1 fully saturated rings. The van der Waals surface area contributed by atoms with Gasteiger partial charge in [0, 0.05) is 19.2 Å². The fraction of sp³-hybridized carbons (Fsp3) is 0.615. The summed E-state index contributed by atoms with van der Waals surface area (Å²) in [6.07, 6.45) is 6.41. The Balaban J connectivity index is 1.64. The lowest BCUT2D eigenvalue weighted by Crippen LogP contribution is -2.32. The molecule has 1 atom stereocenters. The lowest BCUT2D eigenvalue weighted by Gasteiger charge is -2.22. The first kappa shape index (κ1) is 12.3. The normalized spacial score (nSPS) is 20.2. The molecule has 2 aromatic rings. The van der Waals surface area contributed by atoms with E-state index in [2.05, 4.69) is 33.3 Å². The molecule has 0 N–H and O–H groups in total. The summed E-state index contributed by atoms with van der Waals surface area (Å²) in [5.41, 5.74) is 1.21. The summed E-state index contributed by atoms with van der Waals surface area (Å²) in [5.74, 6) is 1.34. The Bertz CT molecular complexity index is 498. The summed E-state index contributed by atoms with van der Waals surface area (Å²) < 4.78 is 7.49. The van der Waals surface area contributed by atoms with E-state index in [1.807, 2.05) is 17.8 Å².